The molecular weight excluding hydrogens is 654 g/mol. The summed E-state index contributed by atoms with van der Waals surface area (Å²) in [7, 11) is 0. The van der Waals surface area contributed by atoms with E-state index in [4.69, 9.17) is 14.6 Å². The molecule has 0 aromatic heterocycles. The molecular formula is C31H55N3O15. The maximum Gasteiger partial charge on any atom is 0.310 e. The van der Waals surface area contributed by atoms with Gasteiger partial charge in [-0.3, -0.25) is 38.4 Å². The first kappa shape index (κ1) is 49.2. The third-order valence-corrected chi connectivity index (χ3v) is 6.79. The van der Waals surface area contributed by atoms with Gasteiger partial charge in [0.05, 0.1) is 32.2 Å². The summed E-state index contributed by atoms with van der Waals surface area (Å²) in [4.78, 5) is 90.9. The van der Waals surface area contributed by atoms with Crippen LogP contribution in [0.4, 0.5) is 0 Å². The van der Waals surface area contributed by atoms with Gasteiger partial charge in [0.25, 0.3) is 0 Å². The number of nitrogens with zero attached hydrogens (tertiary/aromatic N) is 1. The molecule has 7 N–H and O–H groups in total. The third-order valence-electron chi connectivity index (χ3n) is 6.79. The van der Waals surface area contributed by atoms with Crippen LogP contribution in [-0.2, 0) is 52.6 Å². The Morgan fingerprint density at radius 1 is 0.755 bits per heavy atom. The van der Waals surface area contributed by atoms with E-state index in [1.165, 1.54) is 32.6 Å². The zero-order valence-electron chi connectivity index (χ0n) is 29.4. The van der Waals surface area contributed by atoms with Gasteiger partial charge in [-0.15, -0.1) is 0 Å². The lowest BCUT2D eigenvalue weighted by molar-refractivity contribution is -0.156. The zero-order chi connectivity index (χ0) is 37.4. The highest BCUT2D eigenvalue weighted by molar-refractivity contribution is 5.83. The second-order valence-corrected chi connectivity index (χ2v) is 11.4. The molecule has 18 heteroatoms. The molecule has 0 aliphatic heterocycles. The summed E-state index contributed by atoms with van der Waals surface area (Å²) in [5.41, 5.74) is 0. The van der Waals surface area contributed by atoms with Crippen molar-refractivity contribution in [2.45, 2.75) is 92.8 Å². The SMILES string of the molecule is CC(=O)OC(C)=O.CC(=O)OCC[C@@H](C)[C@H](C)[C@@H](O)C(=O)NCCN(CCNC(=O)C[C@@H](O)C[C@H](C)COC(C)=O)C(=O)CCC(=O)O.O. The lowest BCUT2D eigenvalue weighted by Crippen LogP contribution is -2.46. The predicted octanol–water partition coefficient (Wildman–Crippen LogP) is -0.890. The number of ether oxygens (including phenoxy) is 3. The number of carbonyl (C=O) groups excluding carboxylic acids is 7. The van der Waals surface area contributed by atoms with Crippen LogP contribution in [0.2, 0.25) is 0 Å². The summed E-state index contributed by atoms with van der Waals surface area (Å²) in [5.74, 6) is -5.39. The minimum Gasteiger partial charge on any atom is -0.481 e. The Labute approximate surface area is 286 Å². The van der Waals surface area contributed by atoms with Crippen molar-refractivity contribution >= 4 is 47.6 Å². The third kappa shape index (κ3) is 28.6. The number of hydrogen-bond acceptors (Lipinski definition) is 13. The van der Waals surface area contributed by atoms with Crippen molar-refractivity contribution in [3.05, 3.63) is 0 Å². The molecule has 0 fully saturated rings. The Hall–Kier alpha value is -4.16. The number of aliphatic hydroxyl groups is 2. The van der Waals surface area contributed by atoms with Crippen LogP contribution >= 0.6 is 0 Å². The van der Waals surface area contributed by atoms with Crippen LogP contribution in [-0.4, -0.2) is 125 Å². The monoisotopic (exact) mass is 709 g/mol. The van der Waals surface area contributed by atoms with Gasteiger partial charge in [0.2, 0.25) is 17.7 Å². The molecule has 3 amide bonds. The second-order valence-electron chi connectivity index (χ2n) is 11.4. The summed E-state index contributed by atoms with van der Waals surface area (Å²) in [5, 5.41) is 34.6. The van der Waals surface area contributed by atoms with Crippen LogP contribution in [0.25, 0.3) is 0 Å². The molecule has 18 nitrogen and oxygen atoms in total. The lowest BCUT2D eigenvalue weighted by atomic mass is 9.88. The topological polar surface area (TPSA) is 284 Å². The molecule has 0 unspecified atom stereocenters. The quantitative estimate of drug-likeness (QED) is 0.0549. The van der Waals surface area contributed by atoms with Gasteiger partial charge in [-0.1, -0.05) is 20.8 Å². The highest BCUT2D eigenvalue weighted by atomic mass is 16.6. The summed E-state index contributed by atoms with van der Waals surface area (Å²) in [6.45, 7) is 10.6. The lowest BCUT2D eigenvalue weighted by Gasteiger charge is -2.26. The van der Waals surface area contributed by atoms with E-state index in [-0.39, 0.29) is 82.4 Å². The number of carbonyl (C=O) groups is 8. The van der Waals surface area contributed by atoms with Crippen molar-refractivity contribution in [3.63, 3.8) is 0 Å². The van der Waals surface area contributed by atoms with E-state index in [2.05, 4.69) is 15.4 Å². The minimum absolute atomic E-state index is 0. The van der Waals surface area contributed by atoms with E-state index in [1.54, 1.807) is 13.8 Å². The van der Waals surface area contributed by atoms with Gasteiger partial charge in [-0.2, -0.15) is 0 Å². The molecule has 0 aromatic carbocycles. The summed E-state index contributed by atoms with van der Waals surface area (Å²) >= 11 is 0. The average Bonchev–Trinajstić information content (AvgIpc) is 2.96. The minimum atomic E-state index is -1.33. The van der Waals surface area contributed by atoms with Gasteiger partial charge in [-0.25, -0.2) is 0 Å². The molecule has 0 aromatic rings. The van der Waals surface area contributed by atoms with Crippen LogP contribution in [0.1, 0.15) is 80.6 Å². The van der Waals surface area contributed by atoms with Gasteiger partial charge in [0.1, 0.15) is 6.10 Å². The number of hydrogen-bond donors (Lipinski definition) is 5. The summed E-state index contributed by atoms with van der Waals surface area (Å²) in [6.07, 6.45) is -2.42. The van der Waals surface area contributed by atoms with Crippen LogP contribution < -0.4 is 10.6 Å². The van der Waals surface area contributed by atoms with Crippen LogP contribution in [0, 0.1) is 17.8 Å². The van der Waals surface area contributed by atoms with Gasteiger partial charge in [0, 0.05) is 60.3 Å². The van der Waals surface area contributed by atoms with E-state index in [0.29, 0.717) is 6.42 Å². The van der Waals surface area contributed by atoms with E-state index >= 15 is 0 Å². The number of amides is 3. The summed E-state index contributed by atoms with van der Waals surface area (Å²) < 4.78 is 13.8. The Bertz CT molecular complexity index is 1060. The first-order chi connectivity index (χ1) is 22.3. The number of aliphatic hydroxyl groups excluding tert-OH is 2. The maximum atomic E-state index is 12.6. The number of carboxylic acids is 1. The highest BCUT2D eigenvalue weighted by Gasteiger charge is 2.27. The molecule has 5 atom stereocenters. The van der Waals surface area contributed by atoms with Crippen LogP contribution in [0.5, 0.6) is 0 Å². The zero-order valence-corrected chi connectivity index (χ0v) is 29.4. The van der Waals surface area contributed by atoms with Gasteiger partial charge in [-0.05, 0) is 30.6 Å². The van der Waals surface area contributed by atoms with Crippen molar-refractivity contribution in [2.24, 2.45) is 17.8 Å². The fraction of sp³-hybridized carbons (Fsp3) is 0.742. The average molecular weight is 710 g/mol. The highest BCUT2D eigenvalue weighted by Crippen LogP contribution is 2.19. The van der Waals surface area contributed by atoms with Crippen LogP contribution in [0.3, 0.4) is 0 Å². The van der Waals surface area contributed by atoms with E-state index in [0.717, 1.165) is 0 Å². The Morgan fingerprint density at radius 3 is 1.76 bits per heavy atom. The van der Waals surface area contributed by atoms with Crippen molar-refractivity contribution in [3.8, 4) is 0 Å². The van der Waals surface area contributed by atoms with Gasteiger partial charge >= 0.3 is 29.8 Å². The molecule has 0 rings (SSSR count). The van der Waals surface area contributed by atoms with Crippen molar-refractivity contribution < 1.29 is 73.4 Å². The second kappa shape index (κ2) is 27.8. The first-order valence-corrected chi connectivity index (χ1v) is 15.6. The molecule has 0 aliphatic carbocycles. The molecule has 0 radical (unpaired) electrons. The van der Waals surface area contributed by atoms with E-state index in [9.17, 15) is 48.6 Å². The smallest absolute Gasteiger partial charge is 0.310 e. The van der Waals surface area contributed by atoms with Crippen molar-refractivity contribution in [1.82, 2.24) is 15.5 Å². The van der Waals surface area contributed by atoms with Gasteiger partial charge < -0.3 is 50.5 Å². The number of rotatable bonds is 21. The van der Waals surface area contributed by atoms with Crippen molar-refractivity contribution in [1.29, 1.82) is 0 Å². The Balaban J connectivity index is -0.00000237. The first-order valence-electron chi connectivity index (χ1n) is 15.6. The number of esters is 4. The molecule has 0 spiro atoms. The van der Waals surface area contributed by atoms with E-state index < -0.39 is 65.7 Å². The van der Waals surface area contributed by atoms with Crippen LogP contribution in [0.15, 0.2) is 0 Å². The Kier molecular flexibility index (Phi) is 27.9. The standard InChI is InChI=1S/C27H47N3O11.C4H6O3.H2O/c1-17(16-41-21(5)32)14-22(33)15-23(34)28-9-11-30(24(35)6-7-25(36)37)12-10-29-27(39)26(38)19(3)18(2)8-13-40-20(4)31;1-3(5)7-4(2)6;/h17-19,22,26,33,38H,6-16H2,1-5H3,(H,28,34)(H,29,39)(H,36,37);1-2H3;1H2/t17-,18+,19-,22-,26+;;/m0../s1. The predicted molar refractivity (Wildman–Crippen MR) is 172 cm³/mol. The number of nitrogens with one attached hydrogen (secondary N) is 2. The fourth-order valence-corrected chi connectivity index (χ4v) is 4.05. The molecule has 0 saturated carbocycles. The largest absolute Gasteiger partial charge is 0.481 e. The fourth-order valence-electron chi connectivity index (χ4n) is 4.05. The molecule has 49 heavy (non-hydrogen) atoms. The molecule has 284 valence electrons. The van der Waals surface area contributed by atoms with Crippen molar-refractivity contribution in [2.75, 3.05) is 39.4 Å². The molecule has 0 bridgehead atoms. The molecule has 0 heterocycles. The number of carboxylic acid groups (broad SMARTS) is 1. The summed E-state index contributed by atoms with van der Waals surface area (Å²) in [6, 6.07) is 0. The normalized spacial score (nSPS) is 13.2. The molecule has 0 aliphatic rings. The number of aliphatic carboxylic acids is 1. The maximum absolute atomic E-state index is 12.6. The van der Waals surface area contributed by atoms with Gasteiger partial charge in [0.15, 0.2) is 0 Å². The molecule has 0 saturated heterocycles. The van der Waals surface area contributed by atoms with E-state index in [1.807, 2.05) is 6.92 Å². The Morgan fingerprint density at radius 2 is 1.29 bits per heavy atom.